The first-order valence-corrected chi connectivity index (χ1v) is 7.29. The van der Waals surface area contributed by atoms with E-state index in [2.05, 4.69) is 12.2 Å². The van der Waals surface area contributed by atoms with Crippen LogP contribution in [-0.2, 0) is 0 Å². The fraction of sp³-hybridized carbons (Fsp3) is 0.625. The van der Waals surface area contributed by atoms with Crippen molar-refractivity contribution in [3.8, 4) is 0 Å². The van der Waals surface area contributed by atoms with Crippen molar-refractivity contribution >= 4 is 0 Å². The third-order valence-corrected chi connectivity index (χ3v) is 4.53. The van der Waals surface area contributed by atoms with E-state index in [1.54, 1.807) is 6.07 Å². The molecule has 0 saturated heterocycles. The van der Waals surface area contributed by atoms with E-state index in [0.717, 1.165) is 18.9 Å². The third-order valence-electron chi connectivity index (χ3n) is 4.53. The Morgan fingerprint density at radius 3 is 2.63 bits per heavy atom. The van der Waals surface area contributed by atoms with Gasteiger partial charge >= 0.3 is 0 Å². The Morgan fingerprint density at radius 2 is 2.00 bits per heavy atom. The van der Waals surface area contributed by atoms with E-state index in [1.807, 2.05) is 7.05 Å². The van der Waals surface area contributed by atoms with Gasteiger partial charge in [-0.2, -0.15) is 0 Å². The zero-order valence-corrected chi connectivity index (χ0v) is 11.8. The van der Waals surface area contributed by atoms with Crippen LogP contribution in [0.25, 0.3) is 0 Å². The van der Waals surface area contributed by atoms with E-state index in [4.69, 9.17) is 0 Å². The van der Waals surface area contributed by atoms with Crippen LogP contribution in [0.1, 0.15) is 50.6 Å². The second kappa shape index (κ2) is 6.47. The van der Waals surface area contributed by atoms with E-state index in [9.17, 15) is 8.78 Å². The highest BCUT2D eigenvalue weighted by molar-refractivity contribution is 5.23. The second-order valence-corrected chi connectivity index (χ2v) is 5.55. The normalized spacial score (nSPS) is 25.3. The molecular formula is C16H23F2N. The number of nitrogens with one attached hydrogen (secondary N) is 1. The Hall–Kier alpha value is -0.960. The molecule has 1 nitrogen and oxygen atoms in total. The molecule has 1 fully saturated rings. The van der Waals surface area contributed by atoms with Gasteiger partial charge in [0.05, 0.1) is 0 Å². The summed E-state index contributed by atoms with van der Waals surface area (Å²) in [5.74, 6) is 0.144. The van der Waals surface area contributed by atoms with Crippen molar-refractivity contribution in [2.24, 2.45) is 11.8 Å². The van der Waals surface area contributed by atoms with E-state index in [-0.39, 0.29) is 6.04 Å². The van der Waals surface area contributed by atoms with Gasteiger partial charge in [-0.05, 0) is 31.4 Å². The molecule has 0 bridgehead atoms. The molecule has 19 heavy (non-hydrogen) atoms. The van der Waals surface area contributed by atoms with Crippen LogP contribution in [0.2, 0.25) is 0 Å². The predicted molar refractivity (Wildman–Crippen MR) is 73.9 cm³/mol. The molecule has 106 valence electrons. The fourth-order valence-electron chi connectivity index (χ4n) is 3.54. The molecule has 0 amide bonds. The van der Waals surface area contributed by atoms with Crippen LogP contribution < -0.4 is 5.32 Å². The first-order chi connectivity index (χ1) is 9.17. The lowest BCUT2D eigenvalue weighted by molar-refractivity contribution is 0.178. The Balaban J connectivity index is 2.27. The molecule has 0 aliphatic heterocycles. The smallest absolute Gasteiger partial charge is 0.130 e. The van der Waals surface area contributed by atoms with Gasteiger partial charge in [-0.25, -0.2) is 8.78 Å². The molecule has 1 aromatic carbocycles. The van der Waals surface area contributed by atoms with Crippen molar-refractivity contribution in [1.29, 1.82) is 0 Å². The molecular weight excluding hydrogens is 244 g/mol. The number of rotatable bonds is 4. The van der Waals surface area contributed by atoms with Gasteiger partial charge in [0, 0.05) is 17.7 Å². The maximum absolute atomic E-state index is 14.0. The summed E-state index contributed by atoms with van der Waals surface area (Å²) in [5, 5.41) is 3.25. The van der Waals surface area contributed by atoms with Gasteiger partial charge in [0.1, 0.15) is 11.6 Å². The summed E-state index contributed by atoms with van der Waals surface area (Å²) < 4.78 is 27.0. The van der Waals surface area contributed by atoms with Gasteiger partial charge in [0.25, 0.3) is 0 Å². The van der Waals surface area contributed by atoms with E-state index >= 15 is 0 Å². The van der Waals surface area contributed by atoms with Gasteiger partial charge in [0.15, 0.2) is 0 Å². The zero-order valence-electron chi connectivity index (χ0n) is 11.8. The summed E-state index contributed by atoms with van der Waals surface area (Å²) in [5.41, 5.74) is 0.606. The highest BCUT2D eigenvalue weighted by atomic mass is 19.1. The minimum absolute atomic E-state index is 0.00847. The lowest BCUT2D eigenvalue weighted by atomic mass is 9.72. The first-order valence-electron chi connectivity index (χ1n) is 7.29. The minimum atomic E-state index is -0.508. The van der Waals surface area contributed by atoms with E-state index in [1.165, 1.54) is 25.3 Å². The van der Waals surface area contributed by atoms with Crippen LogP contribution >= 0.6 is 0 Å². The van der Waals surface area contributed by atoms with Crippen LogP contribution in [0, 0.1) is 23.5 Å². The van der Waals surface area contributed by atoms with Crippen LogP contribution in [-0.4, -0.2) is 7.05 Å². The lowest BCUT2D eigenvalue weighted by Gasteiger charge is -2.37. The molecule has 3 unspecified atom stereocenters. The first kappa shape index (κ1) is 14.4. The molecule has 1 aliphatic carbocycles. The molecule has 1 saturated carbocycles. The Kier molecular flexibility index (Phi) is 4.92. The van der Waals surface area contributed by atoms with Crippen molar-refractivity contribution in [2.45, 2.75) is 45.1 Å². The summed E-state index contributed by atoms with van der Waals surface area (Å²) in [4.78, 5) is 0. The van der Waals surface area contributed by atoms with E-state index in [0.29, 0.717) is 17.4 Å². The second-order valence-electron chi connectivity index (χ2n) is 5.55. The number of hydrogen-bond acceptors (Lipinski definition) is 1. The van der Waals surface area contributed by atoms with Crippen LogP contribution in [0.5, 0.6) is 0 Å². The number of hydrogen-bond donors (Lipinski definition) is 1. The monoisotopic (exact) mass is 267 g/mol. The molecule has 3 atom stereocenters. The number of benzene rings is 1. The number of halogens is 2. The maximum Gasteiger partial charge on any atom is 0.130 e. The standard InChI is InChI=1S/C16H23F2N/c1-3-11-6-4-5-7-13(11)16(19-2)14-9-8-12(17)10-15(14)18/h8-11,13,16,19H,3-7H2,1-2H3. The van der Waals surface area contributed by atoms with Crippen LogP contribution in [0.3, 0.4) is 0 Å². The predicted octanol–water partition coefficient (Wildman–Crippen LogP) is 4.44. The molecule has 0 aromatic heterocycles. The molecule has 0 heterocycles. The Labute approximate surface area is 114 Å². The molecule has 1 aromatic rings. The highest BCUT2D eigenvalue weighted by Gasteiger charge is 2.32. The topological polar surface area (TPSA) is 12.0 Å². The fourth-order valence-corrected chi connectivity index (χ4v) is 3.54. The maximum atomic E-state index is 14.0. The average molecular weight is 267 g/mol. The van der Waals surface area contributed by atoms with Gasteiger partial charge in [0.2, 0.25) is 0 Å². The van der Waals surface area contributed by atoms with Crippen LogP contribution in [0.4, 0.5) is 8.78 Å². The van der Waals surface area contributed by atoms with Crippen molar-refractivity contribution in [2.75, 3.05) is 7.05 Å². The molecule has 0 spiro atoms. The Bertz CT molecular complexity index is 419. The average Bonchev–Trinajstić information content (AvgIpc) is 2.42. The van der Waals surface area contributed by atoms with Crippen molar-refractivity contribution in [1.82, 2.24) is 5.32 Å². The van der Waals surface area contributed by atoms with Gasteiger partial charge in [-0.3, -0.25) is 0 Å². The summed E-state index contributed by atoms with van der Waals surface area (Å²) in [6.45, 7) is 2.21. The van der Waals surface area contributed by atoms with Gasteiger partial charge < -0.3 is 5.32 Å². The zero-order chi connectivity index (χ0) is 13.8. The molecule has 2 rings (SSSR count). The minimum Gasteiger partial charge on any atom is -0.313 e. The largest absolute Gasteiger partial charge is 0.313 e. The Morgan fingerprint density at radius 1 is 1.26 bits per heavy atom. The molecule has 3 heteroatoms. The summed E-state index contributed by atoms with van der Waals surface area (Å²) in [6, 6.07) is 3.93. The van der Waals surface area contributed by atoms with Gasteiger partial charge in [-0.15, -0.1) is 0 Å². The van der Waals surface area contributed by atoms with Gasteiger partial charge in [-0.1, -0.05) is 38.7 Å². The third kappa shape index (κ3) is 3.14. The lowest BCUT2D eigenvalue weighted by Crippen LogP contribution is -2.33. The molecule has 1 N–H and O–H groups in total. The quantitative estimate of drug-likeness (QED) is 0.850. The SMILES string of the molecule is CCC1CCCCC1C(NC)c1ccc(F)cc1F. The summed E-state index contributed by atoms with van der Waals surface area (Å²) >= 11 is 0. The van der Waals surface area contributed by atoms with Crippen LogP contribution in [0.15, 0.2) is 18.2 Å². The van der Waals surface area contributed by atoms with Crippen molar-refractivity contribution in [3.63, 3.8) is 0 Å². The molecule has 1 aliphatic rings. The van der Waals surface area contributed by atoms with Crippen molar-refractivity contribution < 1.29 is 8.78 Å². The molecule has 0 radical (unpaired) electrons. The highest BCUT2D eigenvalue weighted by Crippen LogP contribution is 2.40. The summed E-state index contributed by atoms with van der Waals surface area (Å²) in [7, 11) is 1.87. The summed E-state index contributed by atoms with van der Waals surface area (Å²) in [6.07, 6.45) is 5.97. The van der Waals surface area contributed by atoms with Crippen molar-refractivity contribution in [3.05, 3.63) is 35.4 Å². The van der Waals surface area contributed by atoms with E-state index < -0.39 is 11.6 Å².